The summed E-state index contributed by atoms with van der Waals surface area (Å²) < 4.78 is 27.7. The van der Waals surface area contributed by atoms with Gasteiger partial charge in [0.1, 0.15) is 0 Å². The van der Waals surface area contributed by atoms with Crippen LogP contribution in [0.25, 0.3) is 0 Å². The topological polar surface area (TPSA) is 101 Å². The van der Waals surface area contributed by atoms with Crippen molar-refractivity contribution >= 4 is 33.1 Å². The van der Waals surface area contributed by atoms with Crippen LogP contribution in [0.15, 0.2) is 59.5 Å². The maximum Gasteiger partial charge on any atom is 0.263 e. The summed E-state index contributed by atoms with van der Waals surface area (Å²) in [5, 5.41) is 11.0. The first kappa shape index (κ1) is 19.5. The third-order valence-electron chi connectivity index (χ3n) is 4.10. The minimum absolute atomic E-state index is 0.00757. The van der Waals surface area contributed by atoms with Crippen LogP contribution in [0.1, 0.15) is 28.4 Å². The summed E-state index contributed by atoms with van der Waals surface area (Å²) in [7, 11) is -3.76. The quantitative estimate of drug-likeness (QED) is 0.614. The summed E-state index contributed by atoms with van der Waals surface area (Å²) in [6.45, 7) is 5.08. The van der Waals surface area contributed by atoms with Crippen LogP contribution in [0.3, 0.4) is 0 Å². The molecule has 28 heavy (non-hydrogen) atoms. The Balaban J connectivity index is 1.73. The van der Waals surface area contributed by atoms with E-state index in [-0.39, 0.29) is 16.5 Å². The SMILES string of the molecule is CC(=O)c1ccc(Nc2ccc(NS(=O)(=O)c3cc(C)ccc3C)nn2)cc1. The molecule has 0 spiro atoms. The summed E-state index contributed by atoms with van der Waals surface area (Å²) >= 11 is 0. The van der Waals surface area contributed by atoms with Gasteiger partial charge in [0.25, 0.3) is 10.0 Å². The highest BCUT2D eigenvalue weighted by molar-refractivity contribution is 7.92. The van der Waals surface area contributed by atoms with Crippen molar-refractivity contribution in [3.8, 4) is 0 Å². The molecule has 3 rings (SSSR count). The lowest BCUT2D eigenvalue weighted by Crippen LogP contribution is -2.15. The van der Waals surface area contributed by atoms with Crippen LogP contribution in [-0.2, 0) is 10.0 Å². The zero-order valence-electron chi connectivity index (χ0n) is 15.7. The molecule has 144 valence electrons. The first-order chi connectivity index (χ1) is 13.2. The maximum atomic E-state index is 12.6. The second-order valence-corrected chi connectivity index (χ2v) is 8.09. The molecule has 1 aromatic heterocycles. The van der Waals surface area contributed by atoms with Gasteiger partial charge in [-0.05, 0) is 74.4 Å². The van der Waals surface area contributed by atoms with E-state index >= 15 is 0 Å². The number of hydrogen-bond donors (Lipinski definition) is 2. The van der Waals surface area contributed by atoms with E-state index in [0.717, 1.165) is 11.3 Å². The van der Waals surface area contributed by atoms with Crippen LogP contribution in [0.2, 0.25) is 0 Å². The molecular formula is C20H20N4O3S. The number of anilines is 3. The molecule has 0 unspecified atom stereocenters. The molecular weight excluding hydrogens is 376 g/mol. The Bertz CT molecular complexity index is 1110. The van der Waals surface area contributed by atoms with Crippen molar-refractivity contribution in [3.63, 3.8) is 0 Å². The largest absolute Gasteiger partial charge is 0.339 e. The summed E-state index contributed by atoms with van der Waals surface area (Å²) in [5.74, 6) is 0.565. The number of aryl methyl sites for hydroxylation is 2. The molecule has 0 saturated carbocycles. The minimum atomic E-state index is -3.76. The summed E-state index contributed by atoms with van der Waals surface area (Å²) in [6.07, 6.45) is 0. The molecule has 0 aliphatic rings. The van der Waals surface area contributed by atoms with Crippen molar-refractivity contribution in [1.29, 1.82) is 0 Å². The molecule has 2 N–H and O–H groups in total. The molecule has 3 aromatic rings. The Morgan fingerprint density at radius 1 is 0.893 bits per heavy atom. The van der Waals surface area contributed by atoms with Gasteiger partial charge in [-0.25, -0.2) is 8.42 Å². The van der Waals surface area contributed by atoms with Gasteiger partial charge in [-0.3, -0.25) is 9.52 Å². The summed E-state index contributed by atoms with van der Waals surface area (Å²) in [5.41, 5.74) is 2.86. The molecule has 0 fully saturated rings. The van der Waals surface area contributed by atoms with Gasteiger partial charge in [0.2, 0.25) is 0 Å². The average Bonchev–Trinajstić information content (AvgIpc) is 2.65. The summed E-state index contributed by atoms with van der Waals surface area (Å²) in [4.78, 5) is 11.5. The number of Topliss-reactive ketones (excluding diaryl/α,β-unsaturated/α-hetero) is 1. The number of ketones is 1. The Morgan fingerprint density at radius 2 is 1.54 bits per heavy atom. The highest BCUT2D eigenvalue weighted by Crippen LogP contribution is 2.21. The van der Waals surface area contributed by atoms with Gasteiger partial charge in [0.15, 0.2) is 17.4 Å². The molecule has 1 heterocycles. The van der Waals surface area contributed by atoms with Gasteiger partial charge in [-0.15, -0.1) is 10.2 Å². The molecule has 0 radical (unpaired) electrons. The summed E-state index contributed by atoms with van der Waals surface area (Å²) in [6, 6.07) is 15.3. The first-order valence-electron chi connectivity index (χ1n) is 8.56. The van der Waals surface area contributed by atoms with Gasteiger partial charge in [0.05, 0.1) is 4.90 Å². The van der Waals surface area contributed by atoms with Gasteiger partial charge < -0.3 is 5.32 Å². The molecule has 2 aromatic carbocycles. The van der Waals surface area contributed by atoms with Crippen LogP contribution >= 0.6 is 0 Å². The number of hydrogen-bond acceptors (Lipinski definition) is 6. The fourth-order valence-corrected chi connectivity index (χ4v) is 3.91. The number of nitrogens with one attached hydrogen (secondary N) is 2. The minimum Gasteiger partial charge on any atom is -0.339 e. The number of carbonyl (C=O) groups is 1. The fraction of sp³-hybridized carbons (Fsp3) is 0.150. The highest BCUT2D eigenvalue weighted by atomic mass is 32.2. The smallest absolute Gasteiger partial charge is 0.263 e. The van der Waals surface area contributed by atoms with E-state index in [4.69, 9.17) is 0 Å². The van der Waals surface area contributed by atoms with Crippen molar-refractivity contribution in [3.05, 3.63) is 71.3 Å². The second-order valence-electron chi connectivity index (χ2n) is 6.44. The number of nitrogens with zero attached hydrogens (tertiary/aromatic N) is 2. The van der Waals surface area contributed by atoms with Crippen molar-refractivity contribution in [2.75, 3.05) is 10.0 Å². The van der Waals surface area contributed by atoms with Crippen molar-refractivity contribution < 1.29 is 13.2 Å². The molecule has 0 amide bonds. The lowest BCUT2D eigenvalue weighted by molar-refractivity contribution is 0.101. The van der Waals surface area contributed by atoms with Crippen LogP contribution in [0, 0.1) is 13.8 Å². The van der Waals surface area contributed by atoms with Gasteiger partial charge >= 0.3 is 0 Å². The maximum absolute atomic E-state index is 12.6. The van der Waals surface area contributed by atoms with Crippen LogP contribution < -0.4 is 10.0 Å². The Labute approximate surface area is 163 Å². The van der Waals surface area contributed by atoms with Crippen molar-refractivity contribution in [2.24, 2.45) is 0 Å². The van der Waals surface area contributed by atoms with Gasteiger partial charge in [0, 0.05) is 11.3 Å². The predicted molar refractivity (Wildman–Crippen MR) is 108 cm³/mol. The molecule has 0 aliphatic heterocycles. The van der Waals surface area contributed by atoms with Gasteiger partial charge in [-0.1, -0.05) is 12.1 Å². The second kappa shape index (κ2) is 7.77. The first-order valence-corrected chi connectivity index (χ1v) is 10.0. The van der Waals surface area contributed by atoms with E-state index in [1.54, 1.807) is 49.4 Å². The predicted octanol–water partition coefficient (Wildman–Crippen LogP) is 3.84. The number of rotatable bonds is 6. The molecule has 8 heteroatoms. The van der Waals surface area contributed by atoms with Crippen LogP contribution in [0.5, 0.6) is 0 Å². The normalized spacial score (nSPS) is 11.1. The highest BCUT2D eigenvalue weighted by Gasteiger charge is 2.18. The van der Waals surface area contributed by atoms with E-state index in [2.05, 4.69) is 20.2 Å². The average molecular weight is 396 g/mol. The van der Waals surface area contributed by atoms with E-state index in [0.29, 0.717) is 16.9 Å². The number of benzene rings is 2. The van der Waals surface area contributed by atoms with E-state index in [1.165, 1.54) is 13.0 Å². The monoisotopic (exact) mass is 396 g/mol. The number of aromatic nitrogens is 2. The molecule has 0 aliphatic carbocycles. The lowest BCUT2D eigenvalue weighted by Gasteiger charge is -2.11. The lowest BCUT2D eigenvalue weighted by atomic mass is 10.1. The molecule has 7 nitrogen and oxygen atoms in total. The zero-order valence-corrected chi connectivity index (χ0v) is 16.5. The molecule has 0 atom stereocenters. The van der Waals surface area contributed by atoms with Crippen LogP contribution in [0.4, 0.5) is 17.3 Å². The number of carbonyl (C=O) groups excluding carboxylic acids is 1. The molecule has 0 saturated heterocycles. The van der Waals surface area contributed by atoms with E-state index in [1.807, 2.05) is 13.0 Å². The third-order valence-corrected chi connectivity index (χ3v) is 5.60. The van der Waals surface area contributed by atoms with E-state index in [9.17, 15) is 13.2 Å². The Hall–Kier alpha value is -3.26. The third kappa shape index (κ3) is 4.52. The van der Waals surface area contributed by atoms with Crippen LogP contribution in [-0.4, -0.2) is 24.4 Å². The Kier molecular flexibility index (Phi) is 5.41. The molecule has 0 bridgehead atoms. The zero-order chi connectivity index (χ0) is 20.3. The fourth-order valence-electron chi connectivity index (χ4n) is 2.58. The van der Waals surface area contributed by atoms with Crippen molar-refractivity contribution in [2.45, 2.75) is 25.7 Å². The van der Waals surface area contributed by atoms with Crippen molar-refractivity contribution in [1.82, 2.24) is 10.2 Å². The standard InChI is InChI=1S/C20H20N4O3S/c1-13-4-5-14(2)18(12-13)28(26,27)24-20-11-10-19(22-23-20)21-17-8-6-16(7-9-17)15(3)25/h4-12H,1-3H3,(H,21,22)(H,23,24). The van der Waals surface area contributed by atoms with E-state index < -0.39 is 10.0 Å². The van der Waals surface area contributed by atoms with Gasteiger partial charge in [-0.2, -0.15) is 0 Å². The Morgan fingerprint density at radius 3 is 2.14 bits per heavy atom. The number of sulfonamides is 1.